The van der Waals surface area contributed by atoms with Crippen LogP contribution in [-0.2, 0) is 45.4 Å². The van der Waals surface area contributed by atoms with E-state index in [1.54, 1.807) is 97.1 Å². The Labute approximate surface area is 700 Å². The van der Waals surface area contributed by atoms with Crippen molar-refractivity contribution in [1.29, 1.82) is 0 Å². The van der Waals surface area contributed by atoms with E-state index in [0.717, 1.165) is 66.8 Å². The summed E-state index contributed by atoms with van der Waals surface area (Å²) in [7, 11) is 0. The van der Waals surface area contributed by atoms with Gasteiger partial charge in [-0.2, -0.15) is 0 Å². The molecule has 0 saturated heterocycles. The van der Waals surface area contributed by atoms with E-state index >= 15 is 0 Å². The Hall–Kier alpha value is -18.6. The van der Waals surface area contributed by atoms with Gasteiger partial charge in [-0.25, -0.2) is 28.2 Å². The minimum Gasteiger partial charge on any atom is -0.480 e. The SMILES string of the molecule is O=C(O)Cn1c(=O)c2cc3c(=O)n(-c4ccc(-c5c6nc(c(-c7ccc(-n8c(=O)c9cc%10c(=O)n(CC(=O)O)c(=O)c%10cc9c8=O)cc7)c7ccc([nH]7)c(-c7ccc(-n8c(=O)c9cc%10c(=O)n(CC(=O)O)c(=O)c%10cc9c8=O)cc7)c7nc(c(-c8ccc(-n9c(=O)c%10cc%11c(=O)n(CC(=O)O)c(=O)c%11cc%10c9=O)cc8)c8ccc5[nH]8)C=C7)C=C6)cc4)c(=O)c3cc2c1=O. The van der Waals surface area contributed by atoms with Gasteiger partial charge in [0.25, 0.3) is 88.9 Å². The third kappa shape index (κ3) is 11.2. The van der Waals surface area contributed by atoms with Crippen molar-refractivity contribution in [1.82, 2.24) is 56.5 Å². The number of H-pyrrole nitrogens is 2. The molecule has 0 aliphatic carbocycles. The summed E-state index contributed by atoms with van der Waals surface area (Å²) in [6.07, 6.45) is 6.80. The van der Waals surface area contributed by atoms with E-state index in [0.29, 0.717) is 84.8 Å². The molecular weight excluding hydrogens is 1660 g/mol. The highest BCUT2D eigenvalue weighted by atomic mass is 16.4. The number of rotatable bonds is 16. The average Bonchev–Trinajstić information content (AvgIpc) is 1.60. The molecule has 0 saturated carbocycles. The van der Waals surface area contributed by atoms with Crippen molar-refractivity contribution in [3.05, 3.63) is 358 Å². The van der Waals surface area contributed by atoms with Gasteiger partial charge in [-0.1, -0.05) is 48.5 Å². The Kier molecular flexibility index (Phi) is 16.4. The van der Waals surface area contributed by atoms with Crippen LogP contribution in [0.4, 0.5) is 0 Å². The number of benzene rings is 8. The van der Waals surface area contributed by atoms with Gasteiger partial charge < -0.3 is 30.4 Å². The second-order valence-electron chi connectivity index (χ2n) is 30.6. The van der Waals surface area contributed by atoms with Crippen LogP contribution >= 0.6 is 0 Å². The van der Waals surface area contributed by atoms with E-state index in [-0.39, 0.29) is 132 Å². The number of fused-ring (bicyclic) bond motifs is 16. The lowest BCUT2D eigenvalue weighted by atomic mass is 10.0. The Balaban J connectivity index is 0.777. The predicted octanol–water partition coefficient (Wildman–Crippen LogP) is 4.52. The molecule has 128 heavy (non-hydrogen) atoms. The van der Waals surface area contributed by atoms with Crippen LogP contribution in [-0.4, -0.2) is 101 Å². The maximum Gasteiger partial charge on any atom is 0.323 e. The first-order valence-electron chi connectivity index (χ1n) is 38.6. The van der Waals surface area contributed by atoms with Gasteiger partial charge in [-0.05, 0) is 168 Å². The fourth-order valence-electron chi connectivity index (χ4n) is 17.7. The van der Waals surface area contributed by atoms with Crippen molar-refractivity contribution < 1.29 is 39.6 Å². The molecule has 0 amide bonds. The maximum absolute atomic E-state index is 14.4. The summed E-state index contributed by atoms with van der Waals surface area (Å²) in [4.78, 5) is 287. The van der Waals surface area contributed by atoms with Gasteiger partial charge in [0, 0.05) is 44.3 Å². The number of aromatic amines is 2. The number of carboxylic acids is 4. The first-order valence-corrected chi connectivity index (χ1v) is 38.6. The first-order chi connectivity index (χ1) is 61.4. The summed E-state index contributed by atoms with van der Waals surface area (Å²) in [6, 6.07) is 40.1. The van der Waals surface area contributed by atoms with Gasteiger partial charge in [0.15, 0.2) is 0 Å². The van der Waals surface area contributed by atoms with Crippen LogP contribution < -0.4 is 88.9 Å². The number of nitrogens with zero attached hydrogens (tertiary/aromatic N) is 10. The van der Waals surface area contributed by atoms with Crippen LogP contribution in [0.15, 0.2) is 247 Å². The number of carbonyl (C=O) groups is 4. The fourth-order valence-corrected chi connectivity index (χ4v) is 17.7. The first kappa shape index (κ1) is 76.7. The van der Waals surface area contributed by atoms with E-state index < -0.39 is 139 Å². The second kappa shape index (κ2) is 27.4. The topological polar surface area (TPSA) is 519 Å². The number of carboxylic acid groups (broad SMARTS) is 4. The van der Waals surface area contributed by atoms with Gasteiger partial charge in [0.2, 0.25) is 0 Å². The van der Waals surface area contributed by atoms with E-state index in [2.05, 4.69) is 9.97 Å². The second-order valence-corrected chi connectivity index (χ2v) is 30.6. The highest BCUT2D eigenvalue weighted by molar-refractivity contribution is 6.05. The largest absolute Gasteiger partial charge is 0.480 e. The van der Waals surface area contributed by atoms with E-state index in [9.17, 15) is 116 Å². The van der Waals surface area contributed by atoms with E-state index in [4.69, 9.17) is 9.97 Å². The van der Waals surface area contributed by atoms with E-state index in [1.807, 2.05) is 0 Å². The lowest BCUT2D eigenvalue weighted by Crippen LogP contribution is -2.29. The maximum atomic E-state index is 14.4. The normalized spacial score (nSPS) is 12.2. The van der Waals surface area contributed by atoms with Crippen molar-refractivity contribution in [3.63, 3.8) is 0 Å². The summed E-state index contributed by atoms with van der Waals surface area (Å²) in [6.45, 7) is -3.89. The Morgan fingerprint density at radius 2 is 0.367 bits per heavy atom. The molecule has 0 fully saturated rings. The van der Waals surface area contributed by atoms with Crippen LogP contribution in [0.3, 0.4) is 0 Å². The zero-order chi connectivity index (χ0) is 89.2. The lowest BCUT2D eigenvalue weighted by molar-refractivity contribution is -0.138. The molecular formula is C92H46N12O24. The quantitative estimate of drug-likeness (QED) is 0.0774. The van der Waals surface area contributed by atoms with Gasteiger partial charge in [-0.15, -0.1) is 0 Å². The number of aliphatic carboxylic acids is 4. The molecule has 0 atom stereocenters. The summed E-state index contributed by atoms with van der Waals surface area (Å²) in [5, 5.41) is 33.8. The lowest BCUT2D eigenvalue weighted by Gasteiger charge is -2.09. The molecule has 36 nitrogen and oxygen atoms in total. The molecule has 19 aromatic rings. The minimum absolute atomic E-state index is 0.0340. The Morgan fingerprint density at radius 3 is 0.516 bits per heavy atom. The van der Waals surface area contributed by atoms with Gasteiger partial charge in [0.1, 0.15) is 26.2 Å². The molecule has 21 rings (SSSR count). The number of hydrogen-bond acceptors (Lipinski definition) is 22. The Morgan fingerprint density at radius 1 is 0.219 bits per heavy atom. The summed E-state index contributed by atoms with van der Waals surface area (Å²) in [5.41, 5.74) is -9.07. The van der Waals surface area contributed by atoms with Gasteiger partial charge in [-0.3, -0.25) is 114 Å². The molecule has 2 aliphatic rings. The third-order valence-corrected chi connectivity index (χ3v) is 23.5. The molecule has 8 aromatic carbocycles. The highest BCUT2D eigenvalue weighted by Crippen LogP contribution is 2.40. The van der Waals surface area contributed by atoms with Crippen molar-refractivity contribution in [2.75, 3.05) is 0 Å². The van der Waals surface area contributed by atoms with Crippen molar-refractivity contribution in [2.24, 2.45) is 0 Å². The molecule has 0 radical (unpaired) electrons. The molecule has 36 heteroatoms. The van der Waals surface area contributed by atoms with Crippen LogP contribution in [0, 0.1) is 0 Å². The van der Waals surface area contributed by atoms with Gasteiger partial charge >= 0.3 is 23.9 Å². The van der Waals surface area contributed by atoms with Crippen LogP contribution in [0.1, 0.15) is 22.8 Å². The zero-order valence-electron chi connectivity index (χ0n) is 64.7. The molecule has 0 unspecified atom stereocenters. The standard InChI is InChI=1S/C92H46N12O24/c105-69(106)33-97-77(113)45-25-53-54(26-46(45)78(97)114)86(122)101(85(53)121)41-9-1-37(2-10-41)73-61-17-19-63(93-61)74(38-3-11-42(12-4-38)102-87(123)55-27-47-48(28-56(55)88(102)124)80(116)98(79(47)115)34-70(107)108)65-21-23-67(95-65)76(40-7-15-44(16-8-40)104-91(127)59-31-51-52(32-60(59)92(104)128)84(120)100(83(51)119)36-72(111)112)68-24-22-66(96-68)75(64-20-18-62(73)94-64)39-5-13-43(14-6-39)103-89(125)57-29-49-50(30-58(57)90(103)126)82(118)99(81(49)117)35-71(109)110/h1-32,93,96H,33-36H2,(H,105,106)(H,107,108)(H,109,110)(H,111,112). The molecule has 0 spiro atoms. The smallest absolute Gasteiger partial charge is 0.323 e. The Bertz CT molecular complexity index is 8310. The van der Waals surface area contributed by atoms with Gasteiger partial charge in [0.05, 0.1) is 132 Å². The molecule has 8 bridgehead atoms. The van der Waals surface area contributed by atoms with Crippen LogP contribution in [0.2, 0.25) is 0 Å². The number of aromatic nitrogens is 12. The molecule has 13 heterocycles. The molecule has 6 N–H and O–H groups in total. The number of nitrogens with one attached hydrogen (secondary N) is 2. The fraction of sp³-hybridized carbons (Fsp3) is 0.0435. The molecule has 2 aliphatic heterocycles. The average molecular weight is 1700 g/mol. The van der Waals surface area contributed by atoms with Crippen LogP contribution in [0.25, 0.3) is 200 Å². The van der Waals surface area contributed by atoms with Crippen molar-refractivity contribution in [3.8, 4) is 67.3 Å². The van der Waals surface area contributed by atoms with E-state index in [1.165, 1.54) is 48.5 Å². The minimum atomic E-state index is -1.48. The third-order valence-electron chi connectivity index (χ3n) is 23.5. The monoisotopic (exact) mass is 1700 g/mol. The summed E-state index contributed by atoms with van der Waals surface area (Å²) >= 11 is 0. The summed E-state index contributed by atoms with van der Waals surface area (Å²) < 4.78 is 5.33. The summed E-state index contributed by atoms with van der Waals surface area (Å²) in [5.74, 6) is -5.92. The number of hydrogen-bond donors (Lipinski definition) is 6. The molecule has 11 aromatic heterocycles. The highest BCUT2D eigenvalue weighted by Gasteiger charge is 2.30. The van der Waals surface area contributed by atoms with Crippen molar-refractivity contribution in [2.45, 2.75) is 26.2 Å². The molecule has 618 valence electrons. The predicted molar refractivity (Wildman–Crippen MR) is 470 cm³/mol. The van der Waals surface area contributed by atoms with Crippen molar-refractivity contribution >= 4 is 156 Å². The van der Waals surface area contributed by atoms with Crippen LogP contribution in [0.5, 0.6) is 0 Å². The zero-order valence-corrected chi connectivity index (χ0v) is 64.7.